The van der Waals surface area contributed by atoms with Crippen molar-refractivity contribution in [3.63, 3.8) is 0 Å². The van der Waals surface area contributed by atoms with Crippen LogP contribution in [0.1, 0.15) is 12.0 Å². The molecule has 1 aromatic heterocycles. The molecule has 1 aliphatic rings. The van der Waals surface area contributed by atoms with Crippen LogP contribution in [0.5, 0.6) is 0 Å². The van der Waals surface area contributed by atoms with E-state index >= 15 is 0 Å². The SMILES string of the molecule is CN(CCc1ccncc1)C(=O)N(C)C1CCS(=O)(=O)C1. The Bertz CT molecular complexity index is 589. The minimum absolute atomic E-state index is 0.0768. The maximum absolute atomic E-state index is 12.3. The molecule has 2 amide bonds. The Labute approximate surface area is 125 Å². The van der Waals surface area contributed by atoms with E-state index in [9.17, 15) is 13.2 Å². The van der Waals surface area contributed by atoms with Crippen molar-refractivity contribution >= 4 is 15.9 Å². The molecule has 1 saturated heterocycles. The van der Waals surface area contributed by atoms with Crippen LogP contribution >= 0.6 is 0 Å². The van der Waals surface area contributed by atoms with Crippen molar-refractivity contribution in [2.24, 2.45) is 0 Å². The van der Waals surface area contributed by atoms with E-state index < -0.39 is 9.84 Å². The molecule has 116 valence electrons. The quantitative estimate of drug-likeness (QED) is 0.824. The van der Waals surface area contributed by atoms with Gasteiger partial charge in [0.25, 0.3) is 0 Å². The van der Waals surface area contributed by atoms with Crippen molar-refractivity contribution in [2.75, 3.05) is 32.1 Å². The van der Waals surface area contributed by atoms with Crippen LogP contribution in [0.15, 0.2) is 24.5 Å². The van der Waals surface area contributed by atoms with E-state index in [-0.39, 0.29) is 23.6 Å². The summed E-state index contributed by atoms with van der Waals surface area (Å²) < 4.78 is 23.0. The van der Waals surface area contributed by atoms with Gasteiger partial charge in [-0.1, -0.05) is 0 Å². The summed E-state index contributed by atoms with van der Waals surface area (Å²) in [5.41, 5.74) is 1.12. The topological polar surface area (TPSA) is 70.6 Å². The van der Waals surface area contributed by atoms with E-state index in [4.69, 9.17) is 0 Å². The maximum Gasteiger partial charge on any atom is 0.319 e. The molecule has 1 aromatic rings. The molecular weight excluding hydrogens is 290 g/mol. The lowest BCUT2D eigenvalue weighted by Gasteiger charge is -2.29. The summed E-state index contributed by atoms with van der Waals surface area (Å²) in [6.07, 6.45) is 4.74. The normalized spacial score (nSPS) is 20.2. The fourth-order valence-electron chi connectivity index (χ4n) is 2.45. The summed E-state index contributed by atoms with van der Waals surface area (Å²) in [7, 11) is 0.443. The number of carbonyl (C=O) groups excluding carboxylic acids is 1. The van der Waals surface area contributed by atoms with Crippen LogP contribution in [0.3, 0.4) is 0 Å². The predicted molar refractivity (Wildman–Crippen MR) is 80.8 cm³/mol. The van der Waals surface area contributed by atoms with E-state index in [1.807, 2.05) is 12.1 Å². The van der Waals surface area contributed by atoms with Crippen molar-refractivity contribution in [3.05, 3.63) is 30.1 Å². The summed E-state index contributed by atoms with van der Waals surface area (Å²) >= 11 is 0. The van der Waals surface area contributed by atoms with E-state index in [2.05, 4.69) is 4.98 Å². The zero-order valence-corrected chi connectivity index (χ0v) is 13.2. The molecular formula is C14H21N3O3S. The number of pyridine rings is 1. The van der Waals surface area contributed by atoms with Gasteiger partial charge in [-0.3, -0.25) is 4.98 Å². The zero-order chi connectivity index (χ0) is 15.5. The molecule has 21 heavy (non-hydrogen) atoms. The van der Waals surface area contributed by atoms with Gasteiger partial charge < -0.3 is 9.80 Å². The lowest BCUT2D eigenvalue weighted by atomic mass is 10.2. The summed E-state index contributed by atoms with van der Waals surface area (Å²) in [6, 6.07) is 3.51. The van der Waals surface area contributed by atoms with Gasteiger partial charge in [0.05, 0.1) is 11.5 Å². The molecule has 1 fully saturated rings. The van der Waals surface area contributed by atoms with Gasteiger partial charge in [-0.05, 0) is 30.5 Å². The summed E-state index contributed by atoms with van der Waals surface area (Å²) in [4.78, 5) is 19.4. The van der Waals surface area contributed by atoms with Crippen molar-refractivity contribution in [1.82, 2.24) is 14.8 Å². The molecule has 0 aromatic carbocycles. The number of hydrogen-bond donors (Lipinski definition) is 0. The van der Waals surface area contributed by atoms with Crippen molar-refractivity contribution in [1.29, 1.82) is 0 Å². The number of nitrogens with zero attached hydrogens (tertiary/aromatic N) is 3. The summed E-state index contributed by atoms with van der Waals surface area (Å²) in [6.45, 7) is 0.590. The molecule has 0 N–H and O–H groups in total. The second-order valence-electron chi connectivity index (χ2n) is 5.48. The zero-order valence-electron chi connectivity index (χ0n) is 12.4. The molecule has 0 radical (unpaired) electrons. The van der Waals surface area contributed by atoms with Crippen LogP contribution in [0, 0.1) is 0 Å². The number of hydrogen-bond acceptors (Lipinski definition) is 4. The van der Waals surface area contributed by atoms with Crippen LogP contribution in [-0.4, -0.2) is 67.4 Å². The molecule has 2 heterocycles. The predicted octanol–water partition coefficient (Wildman–Crippen LogP) is 0.795. The van der Waals surface area contributed by atoms with Gasteiger partial charge in [0.1, 0.15) is 0 Å². The summed E-state index contributed by atoms with van der Waals surface area (Å²) in [5.74, 6) is 0.253. The minimum atomic E-state index is -2.97. The third-order valence-corrected chi connectivity index (χ3v) is 5.62. The first-order valence-electron chi connectivity index (χ1n) is 6.96. The largest absolute Gasteiger partial charge is 0.327 e. The first kappa shape index (κ1) is 15.8. The number of urea groups is 1. The Kier molecular flexibility index (Phi) is 4.82. The molecule has 1 unspecified atom stereocenters. The van der Waals surface area contributed by atoms with Gasteiger partial charge in [0.2, 0.25) is 0 Å². The smallest absolute Gasteiger partial charge is 0.319 e. The average molecular weight is 311 g/mol. The van der Waals surface area contributed by atoms with Gasteiger partial charge in [-0.15, -0.1) is 0 Å². The first-order valence-corrected chi connectivity index (χ1v) is 8.78. The molecule has 0 bridgehead atoms. The van der Waals surface area contributed by atoms with Crippen LogP contribution in [0.4, 0.5) is 4.79 Å². The van der Waals surface area contributed by atoms with Crippen LogP contribution < -0.4 is 0 Å². The van der Waals surface area contributed by atoms with Gasteiger partial charge in [0, 0.05) is 39.1 Å². The molecule has 1 atom stereocenters. The van der Waals surface area contributed by atoms with Gasteiger partial charge in [0.15, 0.2) is 9.84 Å². The van der Waals surface area contributed by atoms with Gasteiger partial charge in [-0.2, -0.15) is 0 Å². The monoisotopic (exact) mass is 311 g/mol. The number of amides is 2. The standard InChI is InChI=1S/C14H21N3O3S/c1-16(9-5-12-3-7-15-8-4-12)14(18)17(2)13-6-10-21(19,20)11-13/h3-4,7-8,13H,5-6,9-11H2,1-2H3. The first-order chi connectivity index (χ1) is 9.89. The van der Waals surface area contributed by atoms with Crippen LogP contribution in [-0.2, 0) is 16.3 Å². The van der Waals surface area contributed by atoms with Crippen molar-refractivity contribution in [2.45, 2.75) is 18.9 Å². The lowest BCUT2D eigenvalue weighted by Crippen LogP contribution is -2.45. The van der Waals surface area contributed by atoms with Crippen LogP contribution in [0.2, 0.25) is 0 Å². The van der Waals surface area contributed by atoms with Gasteiger partial charge >= 0.3 is 6.03 Å². The number of sulfone groups is 1. The molecule has 7 heteroatoms. The summed E-state index contributed by atoms with van der Waals surface area (Å²) in [5, 5.41) is 0. The molecule has 0 spiro atoms. The Morgan fingerprint density at radius 1 is 1.33 bits per heavy atom. The molecule has 6 nitrogen and oxygen atoms in total. The highest BCUT2D eigenvalue weighted by Crippen LogP contribution is 2.17. The fraction of sp³-hybridized carbons (Fsp3) is 0.571. The highest BCUT2D eigenvalue weighted by atomic mass is 32.2. The second-order valence-corrected chi connectivity index (χ2v) is 7.71. The maximum atomic E-state index is 12.3. The average Bonchev–Trinajstić information content (AvgIpc) is 2.84. The van der Waals surface area contributed by atoms with Gasteiger partial charge in [-0.25, -0.2) is 13.2 Å². The number of carbonyl (C=O) groups is 1. The third kappa shape index (κ3) is 4.17. The van der Waals surface area contributed by atoms with E-state index in [0.717, 1.165) is 12.0 Å². The molecule has 0 aliphatic carbocycles. The minimum Gasteiger partial charge on any atom is -0.327 e. The Morgan fingerprint density at radius 3 is 2.57 bits per heavy atom. The third-order valence-electron chi connectivity index (χ3n) is 3.87. The van der Waals surface area contributed by atoms with Crippen LogP contribution in [0.25, 0.3) is 0 Å². The Balaban J connectivity index is 1.87. The van der Waals surface area contributed by atoms with E-state index in [0.29, 0.717) is 13.0 Å². The molecule has 2 rings (SSSR count). The molecule has 0 saturated carbocycles. The lowest BCUT2D eigenvalue weighted by molar-refractivity contribution is 0.160. The van der Waals surface area contributed by atoms with Crippen molar-refractivity contribution in [3.8, 4) is 0 Å². The van der Waals surface area contributed by atoms with Crippen molar-refractivity contribution < 1.29 is 13.2 Å². The number of aromatic nitrogens is 1. The Morgan fingerprint density at radius 2 is 2.00 bits per heavy atom. The number of likely N-dealkylation sites (N-methyl/N-ethyl adjacent to an activating group) is 1. The Hall–Kier alpha value is -1.63. The highest BCUT2D eigenvalue weighted by Gasteiger charge is 2.33. The van der Waals surface area contributed by atoms with E-state index in [1.54, 1.807) is 36.3 Å². The fourth-order valence-corrected chi connectivity index (χ4v) is 4.22. The molecule has 1 aliphatic heterocycles. The number of rotatable bonds is 4. The van der Waals surface area contributed by atoms with E-state index in [1.165, 1.54) is 0 Å². The highest BCUT2D eigenvalue weighted by molar-refractivity contribution is 7.91. The second kappa shape index (κ2) is 6.43.